The Morgan fingerprint density at radius 3 is 2.55 bits per heavy atom. The van der Waals surface area contributed by atoms with Crippen molar-refractivity contribution in [2.75, 3.05) is 13.6 Å². The molecular formula is C17H29N3. The van der Waals surface area contributed by atoms with Gasteiger partial charge in [0, 0.05) is 25.2 Å². The number of hydrogen-bond donors (Lipinski definition) is 1. The number of nitrogens with zero attached hydrogens (tertiary/aromatic N) is 2. The SMILES string of the molecule is CN(Cc1cccc(CNC(C)(C)C)n1)CC1CCC1. The maximum atomic E-state index is 4.76. The zero-order valence-electron chi connectivity index (χ0n) is 13.4. The van der Waals surface area contributed by atoms with Crippen LogP contribution in [0, 0.1) is 5.92 Å². The topological polar surface area (TPSA) is 28.2 Å². The minimum Gasteiger partial charge on any atom is -0.306 e. The molecule has 1 aliphatic rings. The molecule has 1 saturated carbocycles. The average Bonchev–Trinajstić information content (AvgIpc) is 2.31. The molecule has 0 radical (unpaired) electrons. The van der Waals surface area contributed by atoms with Crippen molar-refractivity contribution in [1.29, 1.82) is 0 Å². The molecule has 0 amide bonds. The van der Waals surface area contributed by atoms with Crippen molar-refractivity contribution in [3.8, 4) is 0 Å². The van der Waals surface area contributed by atoms with Crippen LogP contribution in [-0.4, -0.2) is 29.0 Å². The summed E-state index contributed by atoms with van der Waals surface area (Å²) in [6, 6.07) is 6.37. The van der Waals surface area contributed by atoms with E-state index in [4.69, 9.17) is 4.98 Å². The summed E-state index contributed by atoms with van der Waals surface area (Å²) < 4.78 is 0. The van der Waals surface area contributed by atoms with Crippen molar-refractivity contribution in [3.05, 3.63) is 29.6 Å². The summed E-state index contributed by atoms with van der Waals surface area (Å²) in [7, 11) is 2.21. The van der Waals surface area contributed by atoms with Crippen LogP contribution in [0.2, 0.25) is 0 Å². The third-order valence-corrected chi connectivity index (χ3v) is 3.89. The van der Waals surface area contributed by atoms with Gasteiger partial charge in [-0.2, -0.15) is 0 Å². The van der Waals surface area contributed by atoms with E-state index in [2.05, 4.69) is 56.2 Å². The van der Waals surface area contributed by atoms with Gasteiger partial charge < -0.3 is 10.2 Å². The van der Waals surface area contributed by atoms with E-state index >= 15 is 0 Å². The Morgan fingerprint density at radius 2 is 1.95 bits per heavy atom. The highest BCUT2D eigenvalue weighted by Gasteiger charge is 2.19. The van der Waals surface area contributed by atoms with E-state index in [1.165, 1.54) is 31.5 Å². The van der Waals surface area contributed by atoms with E-state index in [1.54, 1.807) is 0 Å². The van der Waals surface area contributed by atoms with E-state index < -0.39 is 0 Å². The van der Waals surface area contributed by atoms with Crippen molar-refractivity contribution in [1.82, 2.24) is 15.2 Å². The van der Waals surface area contributed by atoms with Gasteiger partial charge >= 0.3 is 0 Å². The third kappa shape index (κ3) is 5.22. The van der Waals surface area contributed by atoms with Gasteiger partial charge in [0.1, 0.15) is 0 Å². The van der Waals surface area contributed by atoms with E-state index in [0.717, 1.165) is 24.7 Å². The van der Waals surface area contributed by atoms with Gasteiger partial charge in [0.05, 0.1) is 11.4 Å². The highest BCUT2D eigenvalue weighted by Crippen LogP contribution is 2.26. The lowest BCUT2D eigenvalue weighted by molar-refractivity contribution is 0.199. The second kappa shape index (κ2) is 6.68. The number of hydrogen-bond acceptors (Lipinski definition) is 3. The molecule has 112 valence electrons. The van der Waals surface area contributed by atoms with Crippen LogP contribution in [0.25, 0.3) is 0 Å². The minimum atomic E-state index is 0.138. The first kappa shape index (κ1) is 15.5. The summed E-state index contributed by atoms with van der Waals surface area (Å²) in [5.74, 6) is 0.922. The standard InChI is InChI=1S/C17H29N3/c1-17(2,3)18-11-15-9-6-10-16(19-15)13-20(4)12-14-7-5-8-14/h6,9-10,14,18H,5,7-8,11-13H2,1-4H3. The van der Waals surface area contributed by atoms with Crippen molar-refractivity contribution < 1.29 is 0 Å². The van der Waals surface area contributed by atoms with Crippen LogP contribution in [-0.2, 0) is 13.1 Å². The van der Waals surface area contributed by atoms with Crippen molar-refractivity contribution in [2.45, 2.75) is 58.7 Å². The molecule has 3 nitrogen and oxygen atoms in total. The predicted molar refractivity (Wildman–Crippen MR) is 84.5 cm³/mol. The van der Waals surface area contributed by atoms with Crippen LogP contribution in [0.4, 0.5) is 0 Å². The lowest BCUT2D eigenvalue weighted by Crippen LogP contribution is -2.35. The Kier molecular flexibility index (Phi) is 5.17. The smallest absolute Gasteiger partial charge is 0.0547 e. The monoisotopic (exact) mass is 275 g/mol. The Hall–Kier alpha value is -0.930. The number of pyridine rings is 1. The molecule has 20 heavy (non-hydrogen) atoms. The molecule has 0 spiro atoms. The number of nitrogens with one attached hydrogen (secondary N) is 1. The molecule has 1 aromatic heterocycles. The summed E-state index contributed by atoms with van der Waals surface area (Å²) in [5, 5.41) is 3.49. The first-order valence-electron chi connectivity index (χ1n) is 7.81. The quantitative estimate of drug-likeness (QED) is 0.864. The van der Waals surface area contributed by atoms with E-state index in [-0.39, 0.29) is 5.54 Å². The molecule has 0 atom stereocenters. The van der Waals surface area contributed by atoms with Crippen LogP contribution >= 0.6 is 0 Å². The van der Waals surface area contributed by atoms with E-state index in [9.17, 15) is 0 Å². The predicted octanol–water partition coefficient (Wildman–Crippen LogP) is 3.20. The fourth-order valence-corrected chi connectivity index (χ4v) is 2.53. The first-order valence-corrected chi connectivity index (χ1v) is 7.81. The number of aromatic nitrogens is 1. The summed E-state index contributed by atoms with van der Waals surface area (Å²) in [4.78, 5) is 7.17. The summed E-state index contributed by atoms with van der Waals surface area (Å²) in [5.41, 5.74) is 2.45. The molecule has 0 unspecified atom stereocenters. The van der Waals surface area contributed by atoms with Gasteiger partial charge in [0.25, 0.3) is 0 Å². The minimum absolute atomic E-state index is 0.138. The molecule has 1 fully saturated rings. The molecule has 1 heterocycles. The largest absolute Gasteiger partial charge is 0.306 e. The molecule has 1 aromatic rings. The second-order valence-electron chi connectivity index (χ2n) is 7.22. The normalized spacial score (nSPS) is 16.4. The van der Waals surface area contributed by atoms with Gasteiger partial charge in [0.2, 0.25) is 0 Å². The zero-order valence-corrected chi connectivity index (χ0v) is 13.4. The first-order chi connectivity index (χ1) is 9.42. The maximum Gasteiger partial charge on any atom is 0.0547 e. The van der Waals surface area contributed by atoms with Crippen LogP contribution in [0.1, 0.15) is 51.4 Å². The fourth-order valence-electron chi connectivity index (χ4n) is 2.53. The molecule has 1 aliphatic carbocycles. The molecular weight excluding hydrogens is 246 g/mol. The van der Waals surface area contributed by atoms with Crippen LogP contribution in [0.15, 0.2) is 18.2 Å². The Labute approximate surface area is 123 Å². The van der Waals surface area contributed by atoms with Crippen molar-refractivity contribution in [2.24, 2.45) is 5.92 Å². The third-order valence-electron chi connectivity index (χ3n) is 3.89. The highest BCUT2D eigenvalue weighted by atomic mass is 15.1. The molecule has 2 rings (SSSR count). The molecule has 0 aliphatic heterocycles. The van der Waals surface area contributed by atoms with Gasteiger partial charge in [0.15, 0.2) is 0 Å². The second-order valence-corrected chi connectivity index (χ2v) is 7.22. The molecule has 3 heteroatoms. The fraction of sp³-hybridized carbons (Fsp3) is 0.706. The van der Waals surface area contributed by atoms with Gasteiger partial charge in [-0.15, -0.1) is 0 Å². The molecule has 0 bridgehead atoms. The van der Waals surface area contributed by atoms with Gasteiger partial charge in [-0.1, -0.05) is 12.5 Å². The lowest BCUT2D eigenvalue weighted by Gasteiger charge is -2.30. The zero-order chi connectivity index (χ0) is 14.6. The molecule has 0 aromatic carbocycles. The summed E-state index contributed by atoms with van der Waals surface area (Å²) in [6.45, 7) is 9.56. The highest BCUT2D eigenvalue weighted by molar-refractivity contribution is 5.11. The van der Waals surface area contributed by atoms with Gasteiger partial charge in [-0.3, -0.25) is 4.98 Å². The van der Waals surface area contributed by atoms with Crippen LogP contribution in [0.3, 0.4) is 0 Å². The van der Waals surface area contributed by atoms with Crippen LogP contribution < -0.4 is 5.32 Å². The summed E-state index contributed by atoms with van der Waals surface area (Å²) >= 11 is 0. The number of rotatable bonds is 6. The van der Waals surface area contributed by atoms with Gasteiger partial charge in [-0.25, -0.2) is 0 Å². The lowest BCUT2D eigenvalue weighted by atomic mass is 9.85. The van der Waals surface area contributed by atoms with E-state index in [1.807, 2.05) is 0 Å². The van der Waals surface area contributed by atoms with Gasteiger partial charge in [-0.05, 0) is 58.7 Å². The average molecular weight is 275 g/mol. The molecule has 1 N–H and O–H groups in total. The molecule has 0 saturated heterocycles. The Balaban J connectivity index is 1.84. The van der Waals surface area contributed by atoms with Crippen molar-refractivity contribution >= 4 is 0 Å². The maximum absolute atomic E-state index is 4.76. The Bertz CT molecular complexity index is 418. The van der Waals surface area contributed by atoms with Crippen LogP contribution in [0.5, 0.6) is 0 Å². The van der Waals surface area contributed by atoms with Crippen molar-refractivity contribution in [3.63, 3.8) is 0 Å². The Morgan fingerprint density at radius 1 is 1.25 bits per heavy atom. The summed E-state index contributed by atoms with van der Waals surface area (Å²) in [6.07, 6.45) is 4.24. The van der Waals surface area contributed by atoms with E-state index in [0.29, 0.717) is 0 Å².